The molecule has 1 aliphatic heterocycles. The Morgan fingerprint density at radius 2 is 2.20 bits per heavy atom. The summed E-state index contributed by atoms with van der Waals surface area (Å²) in [4.78, 5) is 14.5. The van der Waals surface area contributed by atoms with Gasteiger partial charge in [0.05, 0.1) is 18.8 Å². The van der Waals surface area contributed by atoms with Crippen LogP contribution >= 0.6 is 0 Å². The molecule has 0 N–H and O–H groups in total. The number of carbonyl (C=O) groups excluding carboxylic acids is 1. The zero-order chi connectivity index (χ0) is 14.3. The third-order valence-electron chi connectivity index (χ3n) is 4.28. The van der Waals surface area contributed by atoms with E-state index in [1.54, 1.807) is 12.1 Å². The van der Waals surface area contributed by atoms with Gasteiger partial charge in [-0.25, -0.2) is 4.39 Å². The summed E-state index contributed by atoms with van der Waals surface area (Å²) in [6.07, 6.45) is 0.933. The molecule has 20 heavy (non-hydrogen) atoms. The summed E-state index contributed by atoms with van der Waals surface area (Å²) in [7, 11) is 0. The predicted octanol–water partition coefficient (Wildman–Crippen LogP) is 2.57. The number of hydrogen-bond acceptors (Lipinski definition) is 2. The first-order chi connectivity index (χ1) is 9.56. The van der Waals surface area contributed by atoms with E-state index in [2.05, 4.69) is 0 Å². The highest BCUT2D eigenvalue weighted by molar-refractivity contribution is 5.83. The first-order valence-electron chi connectivity index (χ1n) is 7.24. The lowest BCUT2D eigenvalue weighted by Gasteiger charge is -2.37. The maximum absolute atomic E-state index is 13.2. The van der Waals surface area contributed by atoms with Gasteiger partial charge >= 0.3 is 0 Å². The fourth-order valence-electron chi connectivity index (χ4n) is 3.00. The Kier molecular flexibility index (Phi) is 3.50. The molecule has 1 saturated heterocycles. The van der Waals surface area contributed by atoms with Crippen LogP contribution in [0.4, 0.5) is 4.39 Å². The number of halogens is 1. The van der Waals surface area contributed by atoms with Crippen molar-refractivity contribution >= 4 is 5.91 Å². The van der Waals surface area contributed by atoms with Crippen molar-refractivity contribution in [2.24, 2.45) is 5.92 Å². The van der Waals surface area contributed by atoms with Gasteiger partial charge in [0.2, 0.25) is 5.91 Å². The molecule has 0 spiro atoms. The zero-order valence-corrected chi connectivity index (χ0v) is 11.9. The minimum Gasteiger partial charge on any atom is -0.375 e. The molecule has 2 fully saturated rings. The van der Waals surface area contributed by atoms with E-state index in [1.807, 2.05) is 24.8 Å². The fraction of sp³-hybridized carbons (Fsp3) is 0.562. The molecule has 4 heteroatoms. The maximum atomic E-state index is 13.2. The summed E-state index contributed by atoms with van der Waals surface area (Å²) >= 11 is 0. The highest BCUT2D eigenvalue weighted by Gasteiger charge is 2.47. The van der Waals surface area contributed by atoms with Gasteiger partial charge in [-0.1, -0.05) is 12.1 Å². The van der Waals surface area contributed by atoms with Gasteiger partial charge in [0, 0.05) is 12.5 Å². The number of amides is 1. The van der Waals surface area contributed by atoms with Crippen LogP contribution in [0.2, 0.25) is 0 Å². The monoisotopic (exact) mass is 277 g/mol. The Labute approximate surface area is 118 Å². The lowest BCUT2D eigenvalue weighted by Crippen LogP contribution is -2.50. The van der Waals surface area contributed by atoms with Crippen molar-refractivity contribution in [2.45, 2.75) is 38.3 Å². The van der Waals surface area contributed by atoms with Crippen molar-refractivity contribution in [3.63, 3.8) is 0 Å². The van der Waals surface area contributed by atoms with Crippen LogP contribution in [0.25, 0.3) is 0 Å². The van der Waals surface area contributed by atoms with E-state index in [1.165, 1.54) is 6.07 Å². The third kappa shape index (κ3) is 2.57. The van der Waals surface area contributed by atoms with Gasteiger partial charge in [-0.15, -0.1) is 0 Å². The fourth-order valence-corrected chi connectivity index (χ4v) is 3.00. The molecule has 3 nitrogen and oxygen atoms in total. The molecule has 1 aromatic carbocycles. The van der Waals surface area contributed by atoms with Crippen LogP contribution in [0.1, 0.15) is 31.7 Å². The quantitative estimate of drug-likeness (QED) is 0.831. The van der Waals surface area contributed by atoms with Gasteiger partial charge in [-0.2, -0.15) is 0 Å². The van der Waals surface area contributed by atoms with Crippen LogP contribution in [-0.4, -0.2) is 36.1 Å². The van der Waals surface area contributed by atoms with Gasteiger partial charge in [-0.3, -0.25) is 4.79 Å². The van der Waals surface area contributed by atoms with Crippen LogP contribution in [0.3, 0.4) is 0 Å². The standard InChI is InChI=1S/C16H20FNO2/c1-10-9-20-11(2)8-18(10)16(19)15-7-14(15)12-4-3-5-13(17)6-12/h3-6,10-11,14-15H,7-9H2,1-2H3. The number of carbonyl (C=O) groups is 1. The third-order valence-corrected chi connectivity index (χ3v) is 4.28. The van der Waals surface area contributed by atoms with Gasteiger partial charge < -0.3 is 9.64 Å². The smallest absolute Gasteiger partial charge is 0.226 e. The van der Waals surface area contributed by atoms with Crippen molar-refractivity contribution in [2.75, 3.05) is 13.2 Å². The summed E-state index contributed by atoms with van der Waals surface area (Å²) in [6.45, 7) is 5.27. The Morgan fingerprint density at radius 3 is 2.95 bits per heavy atom. The molecule has 0 aromatic heterocycles. The topological polar surface area (TPSA) is 29.5 Å². The van der Waals surface area contributed by atoms with Crippen molar-refractivity contribution in [1.82, 2.24) is 4.90 Å². The second-order valence-corrected chi connectivity index (χ2v) is 5.99. The Hall–Kier alpha value is -1.42. The molecule has 4 unspecified atom stereocenters. The summed E-state index contributed by atoms with van der Waals surface area (Å²) in [6, 6.07) is 6.74. The van der Waals surface area contributed by atoms with Crippen LogP contribution < -0.4 is 0 Å². The van der Waals surface area contributed by atoms with Crippen LogP contribution in [0.5, 0.6) is 0 Å². The zero-order valence-electron chi connectivity index (χ0n) is 11.9. The second kappa shape index (κ2) is 5.17. The summed E-state index contributed by atoms with van der Waals surface area (Å²) < 4.78 is 18.8. The van der Waals surface area contributed by atoms with E-state index in [0.717, 1.165) is 12.0 Å². The Bertz CT molecular complexity index is 519. The largest absolute Gasteiger partial charge is 0.375 e. The molecule has 4 atom stereocenters. The molecule has 2 aliphatic rings. The maximum Gasteiger partial charge on any atom is 0.226 e. The second-order valence-electron chi connectivity index (χ2n) is 5.99. The summed E-state index contributed by atoms with van der Waals surface area (Å²) in [5.74, 6) is 0.170. The van der Waals surface area contributed by atoms with E-state index in [0.29, 0.717) is 13.2 Å². The molecule has 1 aliphatic carbocycles. The minimum atomic E-state index is -0.228. The Balaban J connectivity index is 1.68. The lowest BCUT2D eigenvalue weighted by molar-refractivity contribution is -0.144. The molecule has 0 bridgehead atoms. The molecule has 1 amide bonds. The van der Waals surface area contributed by atoms with Crippen molar-refractivity contribution in [3.8, 4) is 0 Å². The molecule has 1 saturated carbocycles. The number of ether oxygens (including phenoxy) is 1. The predicted molar refractivity (Wildman–Crippen MR) is 73.8 cm³/mol. The van der Waals surface area contributed by atoms with Crippen LogP contribution in [0, 0.1) is 11.7 Å². The molecule has 3 rings (SSSR count). The van der Waals surface area contributed by atoms with Crippen molar-refractivity contribution in [3.05, 3.63) is 35.6 Å². The number of benzene rings is 1. The SMILES string of the molecule is CC1CN(C(=O)C2CC2c2cccc(F)c2)C(C)CO1. The number of morpholine rings is 1. The lowest BCUT2D eigenvalue weighted by atomic mass is 10.1. The van der Waals surface area contributed by atoms with Gasteiger partial charge in [-0.05, 0) is 43.9 Å². The van der Waals surface area contributed by atoms with Crippen LogP contribution in [-0.2, 0) is 9.53 Å². The summed E-state index contributed by atoms with van der Waals surface area (Å²) in [5.41, 5.74) is 0.942. The molecular weight excluding hydrogens is 257 g/mol. The number of nitrogens with zero attached hydrogens (tertiary/aromatic N) is 1. The average molecular weight is 277 g/mol. The van der Waals surface area contributed by atoms with Crippen LogP contribution in [0.15, 0.2) is 24.3 Å². The van der Waals surface area contributed by atoms with Gasteiger partial charge in [0.1, 0.15) is 5.82 Å². The minimum absolute atomic E-state index is 0.0181. The highest BCUT2D eigenvalue weighted by atomic mass is 19.1. The van der Waals surface area contributed by atoms with E-state index in [4.69, 9.17) is 4.74 Å². The van der Waals surface area contributed by atoms with E-state index < -0.39 is 0 Å². The van der Waals surface area contributed by atoms with Gasteiger partial charge in [0.15, 0.2) is 0 Å². The average Bonchev–Trinajstić information content (AvgIpc) is 3.21. The van der Waals surface area contributed by atoms with Crippen molar-refractivity contribution in [1.29, 1.82) is 0 Å². The first kappa shape index (κ1) is 13.6. The normalized spacial score (nSPS) is 33.0. The molecule has 108 valence electrons. The number of hydrogen-bond donors (Lipinski definition) is 0. The number of rotatable bonds is 2. The van der Waals surface area contributed by atoms with Gasteiger partial charge in [0.25, 0.3) is 0 Å². The van der Waals surface area contributed by atoms with E-state index in [9.17, 15) is 9.18 Å². The molecule has 1 aromatic rings. The Morgan fingerprint density at radius 1 is 1.40 bits per heavy atom. The van der Waals surface area contributed by atoms with E-state index in [-0.39, 0.29) is 35.7 Å². The van der Waals surface area contributed by atoms with Crippen molar-refractivity contribution < 1.29 is 13.9 Å². The summed E-state index contributed by atoms with van der Waals surface area (Å²) in [5, 5.41) is 0. The molecular formula is C16H20FNO2. The molecule has 1 heterocycles. The first-order valence-corrected chi connectivity index (χ1v) is 7.24. The highest BCUT2D eigenvalue weighted by Crippen LogP contribution is 2.48. The van der Waals surface area contributed by atoms with E-state index >= 15 is 0 Å². The molecule has 0 radical (unpaired) electrons.